The molecule has 0 atom stereocenters. The fourth-order valence-corrected chi connectivity index (χ4v) is 2.09. The van der Waals surface area contributed by atoms with Gasteiger partial charge in [0.15, 0.2) is 6.61 Å². The van der Waals surface area contributed by atoms with Crippen molar-refractivity contribution in [1.82, 2.24) is 10.9 Å². The third kappa shape index (κ3) is 3.72. The molecule has 0 spiro atoms. The number of hydrazine groups is 1. The van der Waals surface area contributed by atoms with Gasteiger partial charge in [-0.15, -0.1) is 0 Å². The summed E-state index contributed by atoms with van der Waals surface area (Å²) in [7, 11) is 0. The average molecular weight is 311 g/mol. The van der Waals surface area contributed by atoms with Gasteiger partial charge in [-0.2, -0.15) is 0 Å². The molecule has 0 saturated heterocycles. The number of benzene rings is 1. The molecule has 1 aromatic carbocycles. The van der Waals surface area contributed by atoms with Gasteiger partial charge in [-0.05, 0) is 30.5 Å². The normalized spacial score (nSPS) is 15.0. The Balaban J connectivity index is 1.90. The van der Waals surface area contributed by atoms with E-state index in [9.17, 15) is 14.4 Å². The Kier molecular flexibility index (Phi) is 4.47. The maximum atomic E-state index is 12.1. The molecule has 0 aromatic heterocycles. The van der Waals surface area contributed by atoms with Gasteiger partial charge in [0.25, 0.3) is 5.91 Å². The standard InChI is InChI=1S/C14H15ClN2O4/c1-9(18)16-17-12(19)8-21-13(20)14(6-7-14)10-2-4-11(15)5-3-10/h2-5H,6-8H2,1H3,(H,16,18)(H,17,19). The highest BCUT2D eigenvalue weighted by molar-refractivity contribution is 6.30. The molecule has 6 nitrogen and oxygen atoms in total. The number of nitrogens with one attached hydrogen (secondary N) is 2. The Hall–Kier alpha value is -2.08. The largest absolute Gasteiger partial charge is 0.455 e. The summed E-state index contributed by atoms with van der Waals surface area (Å²) in [5.74, 6) is -1.44. The summed E-state index contributed by atoms with van der Waals surface area (Å²) in [4.78, 5) is 34.1. The van der Waals surface area contributed by atoms with Crippen molar-refractivity contribution in [2.75, 3.05) is 6.61 Å². The highest BCUT2D eigenvalue weighted by Gasteiger charge is 2.52. The molecule has 112 valence electrons. The van der Waals surface area contributed by atoms with E-state index in [-0.39, 0.29) is 0 Å². The maximum absolute atomic E-state index is 12.1. The van der Waals surface area contributed by atoms with Crippen molar-refractivity contribution in [2.24, 2.45) is 0 Å². The van der Waals surface area contributed by atoms with Gasteiger partial charge in [-0.25, -0.2) is 0 Å². The van der Waals surface area contributed by atoms with Crippen molar-refractivity contribution in [1.29, 1.82) is 0 Å². The first-order valence-corrected chi connectivity index (χ1v) is 6.80. The summed E-state index contributed by atoms with van der Waals surface area (Å²) in [5, 5.41) is 0.595. The van der Waals surface area contributed by atoms with Crippen LogP contribution in [-0.2, 0) is 24.5 Å². The lowest BCUT2D eigenvalue weighted by Crippen LogP contribution is -2.43. The van der Waals surface area contributed by atoms with E-state index in [1.165, 1.54) is 6.92 Å². The Labute approximate surface area is 126 Å². The monoisotopic (exact) mass is 310 g/mol. The van der Waals surface area contributed by atoms with Gasteiger partial charge in [0.2, 0.25) is 5.91 Å². The van der Waals surface area contributed by atoms with Gasteiger partial charge in [0.1, 0.15) is 0 Å². The summed E-state index contributed by atoms with van der Waals surface area (Å²) in [6.07, 6.45) is 1.36. The molecular weight excluding hydrogens is 296 g/mol. The first-order chi connectivity index (χ1) is 9.94. The van der Waals surface area contributed by atoms with E-state index in [0.29, 0.717) is 17.9 Å². The Morgan fingerprint density at radius 1 is 1.19 bits per heavy atom. The van der Waals surface area contributed by atoms with Crippen molar-refractivity contribution in [3.8, 4) is 0 Å². The van der Waals surface area contributed by atoms with Crippen LogP contribution in [0.25, 0.3) is 0 Å². The number of ether oxygens (including phenoxy) is 1. The summed E-state index contributed by atoms with van der Waals surface area (Å²) in [6, 6.07) is 7.00. The third-order valence-corrected chi connectivity index (χ3v) is 3.50. The predicted octanol–water partition coefficient (Wildman–Crippen LogP) is 1.08. The first kappa shape index (κ1) is 15.3. The molecule has 1 aromatic rings. The fourth-order valence-electron chi connectivity index (χ4n) is 1.97. The topological polar surface area (TPSA) is 84.5 Å². The molecule has 0 heterocycles. The predicted molar refractivity (Wildman–Crippen MR) is 75.3 cm³/mol. The molecule has 0 unspecified atom stereocenters. The van der Waals surface area contributed by atoms with E-state index in [1.54, 1.807) is 24.3 Å². The van der Waals surface area contributed by atoms with Crippen molar-refractivity contribution < 1.29 is 19.1 Å². The Morgan fingerprint density at radius 3 is 2.33 bits per heavy atom. The minimum Gasteiger partial charge on any atom is -0.455 e. The molecule has 0 radical (unpaired) electrons. The second kappa shape index (κ2) is 6.13. The number of esters is 1. The van der Waals surface area contributed by atoms with Crippen LogP contribution < -0.4 is 10.9 Å². The highest BCUT2D eigenvalue weighted by Crippen LogP contribution is 2.49. The van der Waals surface area contributed by atoms with Crippen LogP contribution in [0, 0.1) is 0 Å². The zero-order chi connectivity index (χ0) is 15.5. The third-order valence-electron chi connectivity index (χ3n) is 3.25. The van der Waals surface area contributed by atoms with Crippen molar-refractivity contribution >= 4 is 29.4 Å². The molecule has 0 bridgehead atoms. The minimum absolute atomic E-state index is 0.408. The lowest BCUT2D eigenvalue weighted by Gasteiger charge is -2.15. The smallest absolute Gasteiger partial charge is 0.317 e. The quantitative estimate of drug-likeness (QED) is 0.644. The second-order valence-corrected chi connectivity index (χ2v) is 5.33. The summed E-state index contributed by atoms with van der Waals surface area (Å²) >= 11 is 5.82. The van der Waals surface area contributed by atoms with Crippen LogP contribution in [0.1, 0.15) is 25.3 Å². The highest BCUT2D eigenvalue weighted by atomic mass is 35.5. The van der Waals surface area contributed by atoms with E-state index in [4.69, 9.17) is 16.3 Å². The zero-order valence-corrected chi connectivity index (χ0v) is 12.2. The molecular formula is C14H15ClN2O4. The van der Waals surface area contributed by atoms with E-state index in [1.807, 2.05) is 0 Å². The zero-order valence-electron chi connectivity index (χ0n) is 11.4. The Morgan fingerprint density at radius 2 is 1.81 bits per heavy atom. The summed E-state index contributed by atoms with van der Waals surface area (Å²) in [5.41, 5.74) is 4.41. The SMILES string of the molecule is CC(=O)NNC(=O)COC(=O)C1(c2ccc(Cl)cc2)CC1. The van der Waals surface area contributed by atoms with Crippen LogP contribution in [0.5, 0.6) is 0 Å². The molecule has 1 aliphatic carbocycles. The average Bonchev–Trinajstić information content (AvgIpc) is 3.25. The van der Waals surface area contributed by atoms with Gasteiger partial charge >= 0.3 is 5.97 Å². The van der Waals surface area contributed by atoms with Crippen LogP contribution in [0.15, 0.2) is 24.3 Å². The van der Waals surface area contributed by atoms with Crippen molar-refractivity contribution in [2.45, 2.75) is 25.2 Å². The van der Waals surface area contributed by atoms with E-state index >= 15 is 0 Å². The second-order valence-electron chi connectivity index (χ2n) is 4.89. The Bertz CT molecular complexity index is 567. The number of carbonyl (C=O) groups is 3. The van der Waals surface area contributed by atoms with Crippen LogP contribution in [0.4, 0.5) is 0 Å². The molecule has 2 N–H and O–H groups in total. The van der Waals surface area contributed by atoms with Gasteiger partial charge in [0, 0.05) is 11.9 Å². The van der Waals surface area contributed by atoms with Crippen LogP contribution >= 0.6 is 11.6 Å². The van der Waals surface area contributed by atoms with Crippen molar-refractivity contribution in [3.63, 3.8) is 0 Å². The van der Waals surface area contributed by atoms with E-state index in [0.717, 1.165) is 5.56 Å². The molecule has 2 rings (SSSR count). The molecule has 1 aliphatic rings. The fraction of sp³-hybridized carbons (Fsp3) is 0.357. The van der Waals surface area contributed by atoms with Crippen molar-refractivity contribution in [3.05, 3.63) is 34.9 Å². The van der Waals surface area contributed by atoms with Crippen LogP contribution in [-0.4, -0.2) is 24.4 Å². The number of amides is 2. The van der Waals surface area contributed by atoms with Crippen LogP contribution in [0.2, 0.25) is 5.02 Å². The van der Waals surface area contributed by atoms with Gasteiger partial charge < -0.3 is 4.74 Å². The maximum Gasteiger partial charge on any atom is 0.317 e. The number of hydrogen-bond donors (Lipinski definition) is 2. The number of halogens is 1. The number of rotatable bonds is 4. The molecule has 2 amide bonds. The molecule has 1 saturated carbocycles. The first-order valence-electron chi connectivity index (χ1n) is 6.43. The summed E-state index contributed by atoms with van der Waals surface area (Å²) < 4.78 is 5.01. The number of hydrogen-bond acceptors (Lipinski definition) is 4. The van der Waals surface area contributed by atoms with Crippen LogP contribution in [0.3, 0.4) is 0 Å². The van der Waals surface area contributed by atoms with Gasteiger partial charge in [-0.3, -0.25) is 25.2 Å². The summed E-state index contributed by atoms with van der Waals surface area (Å²) in [6.45, 7) is 0.820. The molecule has 1 fully saturated rings. The van der Waals surface area contributed by atoms with Gasteiger partial charge in [0.05, 0.1) is 5.41 Å². The lowest BCUT2D eigenvalue weighted by molar-refractivity contribution is -0.151. The number of carbonyl (C=O) groups excluding carboxylic acids is 3. The molecule has 21 heavy (non-hydrogen) atoms. The minimum atomic E-state index is -0.668. The lowest BCUT2D eigenvalue weighted by atomic mass is 9.96. The molecule has 7 heteroatoms. The molecule has 0 aliphatic heterocycles. The van der Waals surface area contributed by atoms with E-state index in [2.05, 4.69) is 10.9 Å². The van der Waals surface area contributed by atoms with Gasteiger partial charge in [-0.1, -0.05) is 23.7 Å². The van der Waals surface area contributed by atoms with E-state index < -0.39 is 29.8 Å².